The lowest BCUT2D eigenvalue weighted by Crippen LogP contribution is -2.28. The van der Waals surface area contributed by atoms with Gasteiger partial charge >= 0.3 is 12.1 Å². The predicted octanol–water partition coefficient (Wildman–Crippen LogP) is 4.47. The van der Waals surface area contributed by atoms with Gasteiger partial charge in [0.15, 0.2) is 0 Å². The lowest BCUT2D eigenvalue weighted by molar-refractivity contribution is -0.155. The van der Waals surface area contributed by atoms with Gasteiger partial charge in [0.1, 0.15) is 19.5 Å². The van der Waals surface area contributed by atoms with E-state index < -0.39 is 34.7 Å². The topological polar surface area (TPSA) is 73.9 Å². The molecule has 158 valence electrons. The molecule has 1 amide bonds. The third-order valence-electron chi connectivity index (χ3n) is 3.95. The average molecular weight is 442 g/mol. The number of alkyl halides is 3. The van der Waals surface area contributed by atoms with E-state index in [2.05, 4.69) is 5.32 Å². The van der Waals surface area contributed by atoms with Crippen LogP contribution in [0.25, 0.3) is 0 Å². The van der Waals surface area contributed by atoms with Crippen molar-refractivity contribution in [3.05, 3.63) is 76.7 Å². The predicted molar refractivity (Wildman–Crippen MR) is 100 cm³/mol. The average Bonchev–Trinajstić information content (AvgIpc) is 2.73. The lowest BCUT2D eigenvalue weighted by Gasteiger charge is -2.20. The molecule has 0 spiro atoms. The van der Waals surface area contributed by atoms with Gasteiger partial charge in [-0.05, 0) is 18.2 Å². The second kappa shape index (κ2) is 9.08. The molecule has 1 aliphatic heterocycles. The van der Waals surface area contributed by atoms with E-state index in [-0.39, 0.29) is 24.7 Å². The van der Waals surface area contributed by atoms with Crippen LogP contribution in [-0.4, -0.2) is 25.1 Å². The van der Waals surface area contributed by atoms with Crippen LogP contribution in [0.3, 0.4) is 0 Å². The zero-order chi connectivity index (χ0) is 21.7. The molecular formula is C20H15ClF3NO5. The molecule has 6 nitrogen and oxygen atoms in total. The summed E-state index contributed by atoms with van der Waals surface area (Å²) in [6.07, 6.45) is -5.08. The van der Waals surface area contributed by atoms with Crippen molar-refractivity contribution >= 4 is 29.2 Å². The minimum Gasteiger partial charge on any atom is -0.493 e. The molecule has 2 aromatic rings. The second-order valence-corrected chi connectivity index (χ2v) is 6.49. The molecule has 0 saturated heterocycles. The molecule has 0 saturated carbocycles. The van der Waals surface area contributed by atoms with Gasteiger partial charge in [0, 0.05) is 11.3 Å². The Balaban J connectivity index is 1.84. The number of nitrogens with one attached hydrogen (secondary N) is 1. The minimum absolute atomic E-state index is 0.133. The fourth-order valence-electron chi connectivity index (χ4n) is 2.57. The zero-order valence-electron chi connectivity index (χ0n) is 15.2. The summed E-state index contributed by atoms with van der Waals surface area (Å²) in [4.78, 5) is 25.1. The number of hydrogen-bond donors (Lipinski definition) is 1. The molecular weight excluding hydrogens is 427 g/mol. The summed E-state index contributed by atoms with van der Waals surface area (Å²) in [5.41, 5.74) is -0.955. The van der Waals surface area contributed by atoms with E-state index in [9.17, 15) is 22.8 Å². The van der Waals surface area contributed by atoms with Crippen LogP contribution in [0.1, 0.15) is 17.2 Å². The molecule has 1 heterocycles. The number of benzene rings is 2. The quantitative estimate of drug-likeness (QED) is 0.693. The van der Waals surface area contributed by atoms with Crippen molar-refractivity contribution in [3.63, 3.8) is 0 Å². The molecule has 30 heavy (non-hydrogen) atoms. The fourth-order valence-corrected chi connectivity index (χ4v) is 2.79. The van der Waals surface area contributed by atoms with Crippen LogP contribution in [0.2, 0.25) is 5.02 Å². The maximum atomic E-state index is 13.1. The first-order valence-electron chi connectivity index (χ1n) is 8.64. The van der Waals surface area contributed by atoms with E-state index in [1.807, 2.05) is 0 Å². The highest BCUT2D eigenvalue weighted by atomic mass is 35.5. The largest absolute Gasteiger partial charge is 0.493 e. The van der Waals surface area contributed by atoms with Crippen LogP contribution in [0.4, 0.5) is 18.9 Å². The molecule has 0 aromatic heterocycles. The standard InChI is InChI=1S/C20H15ClF3NO5/c21-15-7-6-13(10-14(15)20(22,23)24)25-18(26)17(12-4-2-1-3-5-12)30-19(27)16-11-28-8-9-29-16/h1-7,10-11,17H,8-9H2,(H,25,26). The van der Waals surface area contributed by atoms with Crippen molar-refractivity contribution < 1.29 is 37.0 Å². The smallest absolute Gasteiger partial charge is 0.417 e. The van der Waals surface area contributed by atoms with Crippen molar-refractivity contribution in [1.82, 2.24) is 0 Å². The Morgan fingerprint density at radius 2 is 1.83 bits per heavy atom. The highest BCUT2D eigenvalue weighted by Gasteiger charge is 2.34. The summed E-state index contributed by atoms with van der Waals surface area (Å²) < 4.78 is 54.6. The van der Waals surface area contributed by atoms with Crippen molar-refractivity contribution in [2.75, 3.05) is 18.5 Å². The molecule has 0 radical (unpaired) electrons. The molecule has 1 aliphatic rings. The van der Waals surface area contributed by atoms with Gasteiger partial charge in [-0.25, -0.2) is 4.79 Å². The summed E-state index contributed by atoms with van der Waals surface area (Å²) in [7, 11) is 0. The van der Waals surface area contributed by atoms with Crippen LogP contribution < -0.4 is 5.32 Å². The monoisotopic (exact) mass is 441 g/mol. The third kappa shape index (κ3) is 5.24. The number of esters is 1. The first-order valence-corrected chi connectivity index (χ1v) is 9.01. The normalized spacial score (nSPS) is 14.6. The SMILES string of the molecule is O=C(OC(C(=O)Nc1ccc(Cl)c(C(F)(F)F)c1)c1ccccc1)C1=COCCO1. The molecule has 0 fully saturated rings. The third-order valence-corrected chi connectivity index (χ3v) is 4.28. The summed E-state index contributed by atoms with van der Waals surface area (Å²) in [5, 5.41) is 1.82. The molecule has 0 aliphatic carbocycles. The highest BCUT2D eigenvalue weighted by Crippen LogP contribution is 2.36. The Morgan fingerprint density at radius 3 is 2.47 bits per heavy atom. The minimum atomic E-state index is -4.70. The lowest BCUT2D eigenvalue weighted by atomic mass is 10.1. The molecule has 3 rings (SSSR count). The number of rotatable bonds is 5. The van der Waals surface area contributed by atoms with Gasteiger partial charge in [0.05, 0.1) is 10.6 Å². The molecule has 0 bridgehead atoms. The van der Waals surface area contributed by atoms with Crippen LogP contribution in [-0.2, 0) is 30.0 Å². The number of amides is 1. The molecule has 2 aromatic carbocycles. The molecule has 1 N–H and O–H groups in total. The molecule has 10 heteroatoms. The second-order valence-electron chi connectivity index (χ2n) is 6.08. The van der Waals surface area contributed by atoms with Gasteiger partial charge < -0.3 is 19.5 Å². The van der Waals surface area contributed by atoms with Crippen LogP contribution in [0.15, 0.2) is 60.6 Å². The maximum Gasteiger partial charge on any atom is 0.417 e. The molecule has 1 atom stereocenters. The van der Waals surface area contributed by atoms with Crippen LogP contribution >= 0.6 is 11.6 Å². The highest BCUT2D eigenvalue weighted by molar-refractivity contribution is 6.31. The first kappa shape index (κ1) is 21.5. The summed E-state index contributed by atoms with van der Waals surface area (Å²) in [6, 6.07) is 10.9. The van der Waals surface area contributed by atoms with Crippen LogP contribution in [0.5, 0.6) is 0 Å². The van der Waals surface area contributed by atoms with E-state index in [1.54, 1.807) is 18.2 Å². The Bertz CT molecular complexity index is 963. The van der Waals surface area contributed by atoms with Gasteiger partial charge in [-0.2, -0.15) is 13.2 Å². The first-order chi connectivity index (χ1) is 14.3. The van der Waals surface area contributed by atoms with Gasteiger partial charge in [-0.3, -0.25) is 4.79 Å². The Hall–Kier alpha value is -3.20. The Labute approximate surface area is 174 Å². The van der Waals surface area contributed by atoms with Crippen molar-refractivity contribution in [1.29, 1.82) is 0 Å². The number of halogens is 4. The van der Waals surface area contributed by atoms with Crippen molar-refractivity contribution in [3.8, 4) is 0 Å². The Morgan fingerprint density at radius 1 is 1.10 bits per heavy atom. The Kier molecular flexibility index (Phi) is 6.51. The maximum absolute atomic E-state index is 13.1. The zero-order valence-corrected chi connectivity index (χ0v) is 16.0. The number of ether oxygens (including phenoxy) is 3. The van der Waals surface area contributed by atoms with E-state index in [0.717, 1.165) is 12.3 Å². The summed E-state index contributed by atoms with van der Waals surface area (Å²) in [6.45, 7) is 0.394. The number of hydrogen-bond acceptors (Lipinski definition) is 5. The van der Waals surface area contributed by atoms with Gasteiger partial charge in [-0.15, -0.1) is 0 Å². The fraction of sp³-hybridized carbons (Fsp3) is 0.200. The molecule has 1 unspecified atom stereocenters. The van der Waals surface area contributed by atoms with Gasteiger partial charge in [-0.1, -0.05) is 41.9 Å². The van der Waals surface area contributed by atoms with Crippen molar-refractivity contribution in [2.24, 2.45) is 0 Å². The number of anilines is 1. The van der Waals surface area contributed by atoms with Crippen LogP contribution in [0, 0.1) is 0 Å². The number of carbonyl (C=O) groups excluding carboxylic acids is 2. The van der Waals surface area contributed by atoms with Gasteiger partial charge in [0.2, 0.25) is 11.9 Å². The summed E-state index contributed by atoms with van der Waals surface area (Å²) >= 11 is 5.60. The van der Waals surface area contributed by atoms with Gasteiger partial charge in [0.25, 0.3) is 5.91 Å². The van der Waals surface area contributed by atoms with E-state index in [4.69, 9.17) is 25.8 Å². The van der Waals surface area contributed by atoms with E-state index >= 15 is 0 Å². The van der Waals surface area contributed by atoms with E-state index in [0.29, 0.717) is 11.6 Å². The van der Waals surface area contributed by atoms with Crippen molar-refractivity contribution in [2.45, 2.75) is 12.3 Å². The summed E-state index contributed by atoms with van der Waals surface area (Å²) in [5.74, 6) is -2.03. The van der Waals surface area contributed by atoms with E-state index in [1.165, 1.54) is 18.2 Å². The number of carbonyl (C=O) groups is 2.